The van der Waals surface area contributed by atoms with Crippen LogP contribution in [0.25, 0.3) is 11.2 Å². The number of amides is 1. The Morgan fingerprint density at radius 3 is 2.51 bits per heavy atom. The van der Waals surface area contributed by atoms with Gasteiger partial charge in [0.25, 0.3) is 0 Å². The molecule has 2 unspecified atom stereocenters. The fraction of sp³-hybridized carbons (Fsp3) is 0.333. The Morgan fingerprint density at radius 1 is 1.13 bits per heavy atom. The first-order chi connectivity index (χ1) is 26.6. The summed E-state index contributed by atoms with van der Waals surface area (Å²) in [6.45, 7) is 6.16. The van der Waals surface area contributed by atoms with E-state index in [9.17, 15) is 24.5 Å². The van der Waals surface area contributed by atoms with E-state index in [-0.39, 0.29) is 66.8 Å². The molecule has 3 heterocycles. The number of aliphatic hydroxyl groups is 1. The van der Waals surface area contributed by atoms with Gasteiger partial charge in [0.05, 0.1) is 46.3 Å². The number of fused-ring (bicyclic) bond motifs is 1. The zero-order valence-corrected chi connectivity index (χ0v) is 30.8. The number of carbonyl (C=O) groups is 2. The van der Waals surface area contributed by atoms with Crippen LogP contribution in [-0.2, 0) is 27.6 Å². The number of carbonyl (C=O) groups excluding carboxylic acids is 2. The van der Waals surface area contributed by atoms with Crippen LogP contribution >= 0.6 is 7.82 Å². The predicted octanol–water partition coefficient (Wildman–Crippen LogP) is 5.49. The van der Waals surface area contributed by atoms with Crippen LogP contribution in [0.15, 0.2) is 80.2 Å². The number of nitriles is 1. The maximum absolute atomic E-state index is 14.7. The maximum atomic E-state index is 14.7. The van der Waals surface area contributed by atoms with E-state index < -0.39 is 50.8 Å². The number of anilines is 1. The van der Waals surface area contributed by atoms with E-state index in [2.05, 4.69) is 33.4 Å². The van der Waals surface area contributed by atoms with Crippen LogP contribution in [0.2, 0.25) is 0 Å². The Morgan fingerprint density at radius 2 is 1.85 bits per heavy atom. The van der Waals surface area contributed by atoms with Crippen LogP contribution in [0.4, 0.5) is 10.7 Å². The van der Waals surface area contributed by atoms with Gasteiger partial charge < -0.3 is 28.8 Å². The van der Waals surface area contributed by atoms with Crippen LogP contribution in [0, 0.1) is 11.3 Å². The van der Waals surface area contributed by atoms with Gasteiger partial charge in [-0.3, -0.25) is 28.2 Å². The number of hydrogen-bond donors (Lipinski definition) is 2. The Bertz CT molecular complexity index is 2050. The quantitative estimate of drug-likeness (QED) is 0.0490. The molecule has 4 aromatic rings. The second kappa shape index (κ2) is 19.1. The standard InChI is InChI=1S/C36H39N6O12P/c1-5-14-49-34-30-33(39-35(40-34)41-36(45)50-15-6-2)42(22-38-30)29-20-27(28(21-43)52-29)53-55(46,51-16-10-13-37)54-32(31(44)23-11-8-7-9-12-23)24-17-25(47-3)19-26(18-24)48-4/h5-9,11-12,17-19,22,27-29,32,43H,1-2,10,14-16,20-21H2,3-4H3,(H,39,40,41,45)/t27-,28+,29+,32?,55?/m0/s1. The fourth-order valence-electron chi connectivity index (χ4n) is 5.38. The number of aromatic nitrogens is 4. The minimum absolute atomic E-state index is 0.0132. The number of methoxy groups -OCH3 is 2. The summed E-state index contributed by atoms with van der Waals surface area (Å²) < 4.78 is 61.5. The smallest absolute Gasteiger partial charge is 0.476 e. The summed E-state index contributed by atoms with van der Waals surface area (Å²) >= 11 is 0. The molecule has 290 valence electrons. The van der Waals surface area contributed by atoms with Gasteiger partial charge in [0.2, 0.25) is 11.8 Å². The number of hydrogen-bond acceptors (Lipinski definition) is 16. The second-order valence-corrected chi connectivity index (χ2v) is 13.1. The van der Waals surface area contributed by atoms with Crippen LogP contribution in [0.5, 0.6) is 17.4 Å². The molecule has 1 aliphatic rings. The van der Waals surface area contributed by atoms with Gasteiger partial charge >= 0.3 is 13.9 Å². The number of aliphatic hydroxyl groups excluding tert-OH is 1. The molecule has 1 fully saturated rings. The van der Waals surface area contributed by atoms with Crippen molar-refractivity contribution < 1.29 is 56.5 Å². The highest BCUT2D eigenvalue weighted by Crippen LogP contribution is 2.57. The van der Waals surface area contributed by atoms with Gasteiger partial charge in [-0.2, -0.15) is 15.2 Å². The number of ketones is 1. The van der Waals surface area contributed by atoms with Crippen molar-refractivity contribution in [3.63, 3.8) is 0 Å². The van der Waals surface area contributed by atoms with Crippen molar-refractivity contribution in [3.8, 4) is 23.4 Å². The Hall–Kier alpha value is -5.67. The van der Waals surface area contributed by atoms with Crippen molar-refractivity contribution in [2.75, 3.05) is 46.0 Å². The summed E-state index contributed by atoms with van der Waals surface area (Å²) in [6.07, 6.45) is -1.67. The number of nitrogens with zero attached hydrogens (tertiary/aromatic N) is 5. The van der Waals surface area contributed by atoms with Gasteiger partial charge in [0.15, 0.2) is 23.1 Å². The Labute approximate surface area is 315 Å². The SMILES string of the molecule is C=CCOC(=O)Nc1nc(OCC=C)c2ncn([C@H]3C[C@H](OP(=O)(OCCC#N)OC(C(=O)c4ccccc4)c4cc(OC)cc(OC)c4)[C@@H](CO)O3)c2n1. The van der Waals surface area contributed by atoms with Gasteiger partial charge in [0.1, 0.15) is 43.1 Å². The normalized spacial score (nSPS) is 18.0. The molecule has 0 aliphatic carbocycles. The molecule has 19 heteroatoms. The third-order valence-electron chi connectivity index (χ3n) is 7.88. The van der Waals surface area contributed by atoms with Gasteiger partial charge in [-0.05, 0) is 17.7 Å². The molecule has 5 atom stereocenters. The Kier molecular flexibility index (Phi) is 14.1. The second-order valence-electron chi connectivity index (χ2n) is 11.5. The number of nitrogens with one attached hydrogen (secondary N) is 1. The molecule has 1 aliphatic heterocycles. The lowest BCUT2D eigenvalue weighted by Gasteiger charge is -2.27. The zero-order chi connectivity index (χ0) is 39.4. The molecule has 2 aromatic heterocycles. The molecular weight excluding hydrogens is 739 g/mol. The molecule has 18 nitrogen and oxygen atoms in total. The van der Waals surface area contributed by atoms with E-state index in [1.807, 2.05) is 6.07 Å². The van der Waals surface area contributed by atoms with Crippen molar-refractivity contribution in [1.82, 2.24) is 19.5 Å². The van der Waals surface area contributed by atoms with E-state index in [1.165, 1.54) is 49.4 Å². The largest absolute Gasteiger partial charge is 0.497 e. The summed E-state index contributed by atoms with van der Waals surface area (Å²) in [5, 5.41) is 22.1. The average Bonchev–Trinajstić information content (AvgIpc) is 3.81. The molecule has 0 saturated carbocycles. The monoisotopic (exact) mass is 778 g/mol. The molecule has 2 aromatic carbocycles. The van der Waals surface area contributed by atoms with E-state index >= 15 is 0 Å². The minimum Gasteiger partial charge on any atom is -0.497 e. The zero-order valence-electron chi connectivity index (χ0n) is 29.9. The number of imidazole rings is 1. The molecule has 1 amide bonds. The molecule has 2 N–H and O–H groups in total. The van der Waals surface area contributed by atoms with Crippen molar-refractivity contribution >= 4 is 36.8 Å². The maximum Gasteiger partial charge on any atom is 0.476 e. The third-order valence-corrected chi connectivity index (χ3v) is 9.38. The van der Waals surface area contributed by atoms with Crippen LogP contribution in [-0.4, -0.2) is 89.4 Å². The fourth-order valence-corrected chi connectivity index (χ4v) is 6.90. The van der Waals surface area contributed by atoms with E-state index in [4.69, 9.17) is 37.3 Å². The van der Waals surface area contributed by atoms with Crippen LogP contribution in [0.1, 0.15) is 41.1 Å². The van der Waals surface area contributed by atoms with E-state index in [1.54, 1.807) is 36.4 Å². The summed E-state index contributed by atoms with van der Waals surface area (Å²) in [4.78, 5) is 39.4. The summed E-state index contributed by atoms with van der Waals surface area (Å²) in [6, 6.07) is 14.7. The number of Topliss-reactive ketones (excluding diaryl/α,β-unsaturated/α-hetero) is 1. The number of benzene rings is 2. The van der Waals surface area contributed by atoms with Crippen molar-refractivity contribution in [1.29, 1.82) is 5.26 Å². The van der Waals surface area contributed by atoms with Crippen molar-refractivity contribution in [2.45, 2.75) is 37.4 Å². The predicted molar refractivity (Wildman–Crippen MR) is 195 cm³/mol. The lowest BCUT2D eigenvalue weighted by molar-refractivity contribution is -0.0464. The average molecular weight is 779 g/mol. The van der Waals surface area contributed by atoms with Gasteiger partial charge in [0, 0.05) is 18.1 Å². The first-order valence-electron chi connectivity index (χ1n) is 16.8. The minimum atomic E-state index is -4.79. The lowest BCUT2D eigenvalue weighted by Crippen LogP contribution is -2.28. The first kappa shape index (κ1) is 40.5. The number of ether oxygens (including phenoxy) is 5. The Balaban J connectivity index is 1.49. The number of phosphoric acid groups is 1. The summed E-state index contributed by atoms with van der Waals surface area (Å²) in [5.41, 5.74) is 0.781. The van der Waals surface area contributed by atoms with Crippen LogP contribution < -0.4 is 19.5 Å². The van der Waals surface area contributed by atoms with Gasteiger partial charge in [-0.15, -0.1) is 0 Å². The van der Waals surface area contributed by atoms with Gasteiger partial charge in [-0.1, -0.05) is 55.6 Å². The molecule has 0 spiro atoms. The summed E-state index contributed by atoms with van der Waals surface area (Å²) in [7, 11) is -1.93. The third kappa shape index (κ3) is 10.1. The van der Waals surface area contributed by atoms with E-state index in [0.29, 0.717) is 11.5 Å². The summed E-state index contributed by atoms with van der Waals surface area (Å²) in [5.74, 6) is -0.129. The lowest BCUT2D eigenvalue weighted by atomic mass is 9.99. The number of phosphoric ester groups is 1. The molecular formula is C36H39N6O12P. The van der Waals surface area contributed by atoms with E-state index in [0.717, 1.165) is 0 Å². The topological polar surface area (TPSA) is 225 Å². The molecule has 0 radical (unpaired) electrons. The van der Waals surface area contributed by atoms with Crippen molar-refractivity contribution in [3.05, 3.63) is 91.3 Å². The number of rotatable bonds is 20. The highest BCUT2D eigenvalue weighted by Gasteiger charge is 2.45. The molecule has 5 rings (SSSR count). The highest BCUT2D eigenvalue weighted by atomic mass is 31.2. The highest BCUT2D eigenvalue weighted by molar-refractivity contribution is 7.48. The van der Waals surface area contributed by atoms with Crippen molar-refractivity contribution in [2.24, 2.45) is 0 Å². The molecule has 0 bridgehead atoms. The van der Waals surface area contributed by atoms with Gasteiger partial charge in [-0.25, -0.2) is 14.3 Å². The van der Waals surface area contributed by atoms with Crippen LogP contribution in [0.3, 0.4) is 0 Å². The first-order valence-corrected chi connectivity index (χ1v) is 18.2. The molecule has 1 saturated heterocycles. The molecule has 55 heavy (non-hydrogen) atoms.